The van der Waals surface area contributed by atoms with Crippen LogP contribution in [-0.4, -0.2) is 67.0 Å². The number of carbonyl (C=O) groups excluding carboxylic acids is 3. The van der Waals surface area contributed by atoms with E-state index in [0.717, 1.165) is 5.69 Å². The van der Waals surface area contributed by atoms with Crippen molar-refractivity contribution < 1.29 is 19.1 Å². The molecule has 0 spiro atoms. The van der Waals surface area contributed by atoms with Gasteiger partial charge in [0.2, 0.25) is 11.8 Å². The second-order valence-corrected chi connectivity index (χ2v) is 5.82. The predicted molar refractivity (Wildman–Crippen MR) is 94.3 cm³/mol. The first-order valence-corrected chi connectivity index (χ1v) is 8.55. The average Bonchev–Trinajstić information content (AvgIpc) is 2.62. The van der Waals surface area contributed by atoms with E-state index in [-0.39, 0.29) is 24.3 Å². The Kier molecular flexibility index (Phi) is 6.80. The molecular formula is C18H25N3O4. The lowest BCUT2D eigenvalue weighted by Gasteiger charge is -2.34. The number of amides is 3. The Morgan fingerprint density at radius 1 is 1.04 bits per heavy atom. The van der Waals surface area contributed by atoms with Crippen LogP contribution in [0.5, 0.6) is 0 Å². The van der Waals surface area contributed by atoms with Gasteiger partial charge in [0.15, 0.2) is 0 Å². The third-order valence-electron chi connectivity index (χ3n) is 4.16. The van der Waals surface area contributed by atoms with E-state index in [4.69, 9.17) is 4.74 Å². The van der Waals surface area contributed by atoms with Crippen molar-refractivity contribution in [1.29, 1.82) is 0 Å². The zero-order valence-electron chi connectivity index (χ0n) is 14.8. The van der Waals surface area contributed by atoms with Gasteiger partial charge in [-0.15, -0.1) is 0 Å². The fourth-order valence-electron chi connectivity index (χ4n) is 2.80. The van der Waals surface area contributed by atoms with Gasteiger partial charge >= 0.3 is 6.09 Å². The van der Waals surface area contributed by atoms with E-state index in [1.807, 2.05) is 30.3 Å². The maximum Gasteiger partial charge on any atom is 0.409 e. The van der Waals surface area contributed by atoms with Crippen molar-refractivity contribution in [3.8, 4) is 0 Å². The van der Waals surface area contributed by atoms with E-state index in [1.54, 1.807) is 21.6 Å². The summed E-state index contributed by atoms with van der Waals surface area (Å²) in [7, 11) is 0. The Hall–Kier alpha value is -2.57. The molecule has 1 aromatic rings. The molecule has 3 amide bonds. The van der Waals surface area contributed by atoms with Crippen LogP contribution in [0.3, 0.4) is 0 Å². The number of hydrogen-bond donors (Lipinski definition) is 0. The van der Waals surface area contributed by atoms with Crippen molar-refractivity contribution in [1.82, 2.24) is 9.80 Å². The Morgan fingerprint density at radius 3 is 2.20 bits per heavy atom. The van der Waals surface area contributed by atoms with Crippen LogP contribution in [0, 0.1) is 0 Å². The van der Waals surface area contributed by atoms with Gasteiger partial charge in [-0.1, -0.05) is 18.2 Å². The summed E-state index contributed by atoms with van der Waals surface area (Å²) in [4.78, 5) is 40.9. The molecule has 1 heterocycles. The summed E-state index contributed by atoms with van der Waals surface area (Å²) in [6, 6.07) is 9.31. The number of nitrogens with zero attached hydrogens (tertiary/aromatic N) is 3. The number of rotatable bonds is 5. The summed E-state index contributed by atoms with van der Waals surface area (Å²) in [6.45, 7) is 5.88. The highest BCUT2D eigenvalue weighted by atomic mass is 16.6. The molecule has 2 rings (SSSR count). The maximum absolute atomic E-state index is 12.4. The monoisotopic (exact) mass is 347 g/mol. The molecule has 0 bridgehead atoms. The van der Waals surface area contributed by atoms with Crippen LogP contribution in [0.1, 0.15) is 20.3 Å². The SMILES string of the molecule is CCOC(=O)N1CCN(C(=O)CCN(C(C)=O)c2ccccc2)CC1. The molecule has 1 aliphatic heterocycles. The summed E-state index contributed by atoms with van der Waals surface area (Å²) in [5.41, 5.74) is 0.787. The third-order valence-corrected chi connectivity index (χ3v) is 4.16. The van der Waals surface area contributed by atoms with E-state index in [0.29, 0.717) is 39.3 Å². The number of para-hydroxylation sites is 1. The first kappa shape index (κ1) is 18.8. The van der Waals surface area contributed by atoms with Gasteiger partial charge < -0.3 is 19.4 Å². The molecule has 1 fully saturated rings. The number of carbonyl (C=O) groups is 3. The topological polar surface area (TPSA) is 70.2 Å². The predicted octanol–water partition coefficient (Wildman–Crippen LogP) is 1.73. The highest BCUT2D eigenvalue weighted by molar-refractivity contribution is 5.92. The van der Waals surface area contributed by atoms with Gasteiger partial charge in [0.1, 0.15) is 0 Å². The van der Waals surface area contributed by atoms with Crippen molar-refractivity contribution in [2.24, 2.45) is 0 Å². The molecule has 7 heteroatoms. The average molecular weight is 347 g/mol. The Morgan fingerprint density at radius 2 is 1.64 bits per heavy atom. The summed E-state index contributed by atoms with van der Waals surface area (Å²) >= 11 is 0. The van der Waals surface area contributed by atoms with E-state index in [1.165, 1.54) is 6.92 Å². The maximum atomic E-state index is 12.4. The fourth-order valence-corrected chi connectivity index (χ4v) is 2.80. The first-order chi connectivity index (χ1) is 12.0. The standard InChI is InChI=1S/C18H25N3O4/c1-3-25-18(24)20-13-11-19(12-14-20)17(23)9-10-21(15(2)22)16-7-5-4-6-8-16/h4-8H,3,9-14H2,1-2H3. The molecule has 0 unspecified atom stereocenters. The zero-order chi connectivity index (χ0) is 18.2. The second-order valence-electron chi connectivity index (χ2n) is 5.82. The molecule has 0 N–H and O–H groups in total. The van der Waals surface area contributed by atoms with Gasteiger partial charge in [0, 0.05) is 51.8 Å². The lowest BCUT2D eigenvalue weighted by atomic mass is 10.2. The lowest BCUT2D eigenvalue weighted by molar-refractivity contribution is -0.132. The van der Waals surface area contributed by atoms with Crippen LogP contribution in [-0.2, 0) is 14.3 Å². The molecule has 25 heavy (non-hydrogen) atoms. The molecule has 136 valence electrons. The largest absolute Gasteiger partial charge is 0.450 e. The van der Waals surface area contributed by atoms with Gasteiger partial charge in [-0.05, 0) is 19.1 Å². The molecule has 0 aromatic heterocycles. The molecular weight excluding hydrogens is 322 g/mol. The number of anilines is 1. The summed E-state index contributed by atoms with van der Waals surface area (Å²) < 4.78 is 4.97. The zero-order valence-corrected chi connectivity index (χ0v) is 14.8. The number of benzene rings is 1. The summed E-state index contributed by atoms with van der Waals surface area (Å²) in [5, 5.41) is 0. The number of hydrogen-bond acceptors (Lipinski definition) is 4. The molecule has 1 aliphatic rings. The van der Waals surface area contributed by atoms with Crippen molar-refractivity contribution in [2.45, 2.75) is 20.3 Å². The Balaban J connectivity index is 1.84. The van der Waals surface area contributed by atoms with Crippen LogP contribution in [0.15, 0.2) is 30.3 Å². The Labute approximate surface area is 148 Å². The van der Waals surface area contributed by atoms with E-state index < -0.39 is 0 Å². The quantitative estimate of drug-likeness (QED) is 0.813. The van der Waals surface area contributed by atoms with Crippen molar-refractivity contribution >= 4 is 23.6 Å². The van der Waals surface area contributed by atoms with Gasteiger partial charge in [-0.25, -0.2) is 4.79 Å². The summed E-state index contributed by atoms with van der Waals surface area (Å²) in [6.07, 6.45) is -0.0742. The smallest absolute Gasteiger partial charge is 0.409 e. The summed E-state index contributed by atoms with van der Waals surface area (Å²) in [5.74, 6) is -0.100. The van der Waals surface area contributed by atoms with Crippen LogP contribution in [0.4, 0.5) is 10.5 Å². The van der Waals surface area contributed by atoms with E-state index in [9.17, 15) is 14.4 Å². The minimum Gasteiger partial charge on any atom is -0.450 e. The molecule has 0 saturated carbocycles. The minimum atomic E-state index is -0.332. The number of piperazine rings is 1. The van der Waals surface area contributed by atoms with Gasteiger partial charge in [-0.2, -0.15) is 0 Å². The van der Waals surface area contributed by atoms with Gasteiger partial charge in [0.25, 0.3) is 0 Å². The van der Waals surface area contributed by atoms with Crippen molar-refractivity contribution in [2.75, 3.05) is 44.2 Å². The molecule has 7 nitrogen and oxygen atoms in total. The van der Waals surface area contributed by atoms with E-state index in [2.05, 4.69) is 0 Å². The van der Waals surface area contributed by atoms with Crippen LogP contribution >= 0.6 is 0 Å². The molecule has 0 atom stereocenters. The highest BCUT2D eigenvalue weighted by Crippen LogP contribution is 2.14. The van der Waals surface area contributed by atoms with Crippen LogP contribution in [0.25, 0.3) is 0 Å². The van der Waals surface area contributed by atoms with Crippen LogP contribution in [0.2, 0.25) is 0 Å². The third kappa shape index (κ3) is 5.20. The molecule has 1 saturated heterocycles. The molecule has 0 radical (unpaired) electrons. The van der Waals surface area contributed by atoms with Gasteiger partial charge in [-0.3, -0.25) is 9.59 Å². The molecule has 0 aliphatic carbocycles. The Bertz CT molecular complexity index is 598. The number of ether oxygens (including phenoxy) is 1. The lowest BCUT2D eigenvalue weighted by Crippen LogP contribution is -2.51. The fraction of sp³-hybridized carbons (Fsp3) is 0.500. The normalized spacial score (nSPS) is 14.2. The highest BCUT2D eigenvalue weighted by Gasteiger charge is 2.25. The second kappa shape index (κ2) is 9.05. The van der Waals surface area contributed by atoms with Crippen molar-refractivity contribution in [3.63, 3.8) is 0 Å². The molecule has 1 aromatic carbocycles. The first-order valence-electron chi connectivity index (χ1n) is 8.55. The minimum absolute atomic E-state index is 0.00862. The van der Waals surface area contributed by atoms with Crippen molar-refractivity contribution in [3.05, 3.63) is 30.3 Å². The van der Waals surface area contributed by atoms with E-state index >= 15 is 0 Å². The van der Waals surface area contributed by atoms with Crippen LogP contribution < -0.4 is 4.90 Å². The van der Waals surface area contributed by atoms with Gasteiger partial charge in [0.05, 0.1) is 6.61 Å².